The van der Waals surface area contributed by atoms with E-state index in [-0.39, 0.29) is 23.6 Å². The summed E-state index contributed by atoms with van der Waals surface area (Å²) in [5, 5.41) is 11.6. The number of hydrogen-bond acceptors (Lipinski definition) is 3. The van der Waals surface area contributed by atoms with Crippen molar-refractivity contribution >= 4 is 33.5 Å². The highest BCUT2D eigenvalue weighted by atomic mass is 79.9. The number of aromatic carboxylic acids is 1. The summed E-state index contributed by atoms with van der Waals surface area (Å²) in [5.41, 5.74) is 0.320. The molecule has 0 aliphatic rings. The number of carboxylic acids is 1. The van der Waals surface area contributed by atoms with Gasteiger partial charge in [0.05, 0.1) is 24.3 Å². The summed E-state index contributed by atoms with van der Waals surface area (Å²) < 4.78 is 5.60. The third kappa shape index (κ3) is 4.12. The Kier molecular flexibility index (Phi) is 5.80. The highest BCUT2D eigenvalue weighted by Gasteiger charge is 2.14. The fourth-order valence-electron chi connectivity index (χ4n) is 1.34. The third-order valence-corrected chi connectivity index (χ3v) is 2.85. The molecule has 1 amide bonds. The summed E-state index contributed by atoms with van der Waals surface area (Å²) in [4.78, 5) is 22.6. The van der Waals surface area contributed by atoms with Crippen molar-refractivity contribution in [3.8, 4) is 0 Å². The molecule has 0 atom stereocenters. The van der Waals surface area contributed by atoms with Crippen LogP contribution in [-0.2, 0) is 9.53 Å². The van der Waals surface area contributed by atoms with E-state index in [2.05, 4.69) is 21.2 Å². The van der Waals surface area contributed by atoms with E-state index in [1.807, 2.05) is 6.92 Å². The number of carbonyl (C=O) groups excluding carboxylic acids is 1. The smallest absolute Gasteiger partial charge is 0.337 e. The molecule has 1 aromatic rings. The number of anilines is 1. The van der Waals surface area contributed by atoms with E-state index >= 15 is 0 Å². The number of carbonyl (C=O) groups is 2. The molecule has 18 heavy (non-hydrogen) atoms. The SMILES string of the molecule is CCOCCC(=O)Nc1c(Br)cccc1C(=O)O. The van der Waals surface area contributed by atoms with E-state index in [9.17, 15) is 9.59 Å². The van der Waals surface area contributed by atoms with Crippen LogP contribution in [0.15, 0.2) is 22.7 Å². The zero-order valence-corrected chi connectivity index (χ0v) is 11.5. The fourth-order valence-corrected chi connectivity index (χ4v) is 1.81. The van der Waals surface area contributed by atoms with E-state index in [0.717, 1.165) is 0 Å². The van der Waals surface area contributed by atoms with Gasteiger partial charge in [-0.1, -0.05) is 6.07 Å². The summed E-state index contributed by atoms with van der Waals surface area (Å²) in [6.45, 7) is 2.70. The molecule has 0 unspecified atom stereocenters. The van der Waals surface area contributed by atoms with Crippen LogP contribution in [0.1, 0.15) is 23.7 Å². The first-order valence-electron chi connectivity index (χ1n) is 5.45. The molecule has 2 N–H and O–H groups in total. The molecule has 0 saturated carbocycles. The Labute approximate surface area is 113 Å². The van der Waals surface area contributed by atoms with Crippen LogP contribution >= 0.6 is 15.9 Å². The highest BCUT2D eigenvalue weighted by Crippen LogP contribution is 2.26. The molecule has 98 valence electrons. The van der Waals surface area contributed by atoms with Crippen LogP contribution < -0.4 is 5.32 Å². The van der Waals surface area contributed by atoms with Gasteiger partial charge in [0.2, 0.25) is 5.91 Å². The molecule has 0 heterocycles. The molecule has 0 aromatic heterocycles. The molecular weight excluding hydrogens is 302 g/mol. The summed E-state index contributed by atoms with van der Waals surface area (Å²) in [5.74, 6) is -1.37. The van der Waals surface area contributed by atoms with Crippen LogP contribution in [0.5, 0.6) is 0 Å². The van der Waals surface area contributed by atoms with Crippen LogP contribution in [0.2, 0.25) is 0 Å². The minimum atomic E-state index is -1.09. The molecule has 6 heteroatoms. The van der Waals surface area contributed by atoms with Crippen molar-refractivity contribution in [2.24, 2.45) is 0 Å². The Morgan fingerprint density at radius 2 is 2.17 bits per heavy atom. The molecule has 0 radical (unpaired) electrons. The van der Waals surface area contributed by atoms with Gasteiger partial charge in [0.25, 0.3) is 0 Å². The standard InChI is InChI=1S/C12H14BrNO4/c1-2-18-7-6-10(15)14-11-8(12(16)17)4-3-5-9(11)13/h3-5H,2,6-7H2,1H3,(H,14,15)(H,16,17). The van der Waals surface area contributed by atoms with Gasteiger partial charge in [-0.3, -0.25) is 4.79 Å². The zero-order chi connectivity index (χ0) is 13.5. The van der Waals surface area contributed by atoms with Crippen LogP contribution in [-0.4, -0.2) is 30.2 Å². The van der Waals surface area contributed by atoms with Crippen molar-refractivity contribution in [1.82, 2.24) is 0 Å². The van der Waals surface area contributed by atoms with Gasteiger partial charge in [-0.15, -0.1) is 0 Å². The van der Waals surface area contributed by atoms with Crippen molar-refractivity contribution in [1.29, 1.82) is 0 Å². The maximum Gasteiger partial charge on any atom is 0.337 e. The van der Waals surface area contributed by atoms with Crippen molar-refractivity contribution < 1.29 is 19.4 Å². The van der Waals surface area contributed by atoms with Crippen molar-refractivity contribution in [3.63, 3.8) is 0 Å². The van der Waals surface area contributed by atoms with Crippen LogP contribution in [0, 0.1) is 0 Å². The summed E-state index contributed by atoms with van der Waals surface area (Å²) in [6, 6.07) is 4.71. The molecule has 0 aliphatic carbocycles. The second-order valence-electron chi connectivity index (χ2n) is 3.46. The first-order chi connectivity index (χ1) is 8.56. The average molecular weight is 316 g/mol. The summed E-state index contributed by atoms with van der Waals surface area (Å²) in [7, 11) is 0. The Morgan fingerprint density at radius 3 is 2.78 bits per heavy atom. The zero-order valence-electron chi connectivity index (χ0n) is 9.90. The number of benzene rings is 1. The number of nitrogens with one attached hydrogen (secondary N) is 1. The van der Waals surface area contributed by atoms with E-state index < -0.39 is 5.97 Å². The molecule has 0 saturated heterocycles. The first kappa shape index (κ1) is 14.7. The molecule has 1 aromatic carbocycles. The van der Waals surface area contributed by atoms with E-state index in [1.54, 1.807) is 12.1 Å². The van der Waals surface area contributed by atoms with Crippen molar-refractivity contribution in [3.05, 3.63) is 28.2 Å². The lowest BCUT2D eigenvalue weighted by Gasteiger charge is -2.10. The number of para-hydroxylation sites is 1. The lowest BCUT2D eigenvalue weighted by Crippen LogP contribution is -2.16. The quantitative estimate of drug-likeness (QED) is 0.791. The number of amides is 1. The second-order valence-corrected chi connectivity index (χ2v) is 4.32. The maximum absolute atomic E-state index is 11.6. The molecule has 0 aliphatic heterocycles. The van der Waals surface area contributed by atoms with Gasteiger partial charge in [-0.05, 0) is 35.0 Å². The third-order valence-electron chi connectivity index (χ3n) is 2.19. The largest absolute Gasteiger partial charge is 0.478 e. The fraction of sp³-hybridized carbons (Fsp3) is 0.333. The van der Waals surface area contributed by atoms with Gasteiger partial charge in [0.1, 0.15) is 0 Å². The molecule has 5 nitrogen and oxygen atoms in total. The van der Waals surface area contributed by atoms with Gasteiger partial charge in [-0.25, -0.2) is 4.79 Å². The van der Waals surface area contributed by atoms with E-state index in [1.165, 1.54) is 6.07 Å². The summed E-state index contributed by atoms with van der Waals surface area (Å²) >= 11 is 3.22. The lowest BCUT2D eigenvalue weighted by molar-refractivity contribution is -0.117. The van der Waals surface area contributed by atoms with Gasteiger partial charge in [-0.2, -0.15) is 0 Å². The lowest BCUT2D eigenvalue weighted by atomic mass is 10.2. The van der Waals surface area contributed by atoms with Crippen LogP contribution in [0.3, 0.4) is 0 Å². The Balaban J connectivity index is 2.77. The predicted molar refractivity (Wildman–Crippen MR) is 70.8 cm³/mol. The van der Waals surface area contributed by atoms with Crippen molar-refractivity contribution in [2.45, 2.75) is 13.3 Å². The number of rotatable bonds is 6. The van der Waals surface area contributed by atoms with E-state index in [4.69, 9.17) is 9.84 Å². The topological polar surface area (TPSA) is 75.6 Å². The molecule has 0 spiro atoms. The van der Waals surface area contributed by atoms with Crippen LogP contribution in [0.25, 0.3) is 0 Å². The number of halogens is 1. The Morgan fingerprint density at radius 1 is 1.44 bits per heavy atom. The van der Waals surface area contributed by atoms with Gasteiger partial charge >= 0.3 is 5.97 Å². The van der Waals surface area contributed by atoms with Gasteiger partial charge in [0, 0.05) is 11.1 Å². The van der Waals surface area contributed by atoms with E-state index in [0.29, 0.717) is 17.7 Å². The molecular formula is C12H14BrNO4. The van der Waals surface area contributed by atoms with Gasteiger partial charge in [0.15, 0.2) is 0 Å². The monoisotopic (exact) mass is 315 g/mol. The van der Waals surface area contributed by atoms with Gasteiger partial charge < -0.3 is 15.2 Å². The molecule has 0 fully saturated rings. The molecule has 1 rings (SSSR count). The molecule has 0 bridgehead atoms. The number of hydrogen-bond donors (Lipinski definition) is 2. The minimum Gasteiger partial charge on any atom is -0.478 e. The Hall–Kier alpha value is -1.40. The minimum absolute atomic E-state index is 0.0501. The first-order valence-corrected chi connectivity index (χ1v) is 6.25. The normalized spacial score (nSPS) is 10.1. The Bertz CT molecular complexity index is 448. The maximum atomic E-state index is 11.6. The highest BCUT2D eigenvalue weighted by molar-refractivity contribution is 9.10. The second kappa shape index (κ2) is 7.13. The summed E-state index contributed by atoms with van der Waals surface area (Å²) in [6.07, 6.45) is 0.189. The van der Waals surface area contributed by atoms with Crippen molar-refractivity contribution in [2.75, 3.05) is 18.5 Å². The number of ether oxygens (including phenoxy) is 1. The van der Waals surface area contributed by atoms with Crippen LogP contribution in [0.4, 0.5) is 5.69 Å². The average Bonchev–Trinajstić information content (AvgIpc) is 2.31. The number of carboxylic acid groups (broad SMARTS) is 1. The predicted octanol–water partition coefficient (Wildman–Crippen LogP) is 2.51.